The molecule has 0 unspecified atom stereocenters. The lowest BCUT2D eigenvalue weighted by Crippen LogP contribution is -1.97. The van der Waals surface area contributed by atoms with Gasteiger partial charge in [-0.3, -0.25) is 15.5 Å². The number of anilines is 1. The van der Waals surface area contributed by atoms with Crippen LogP contribution in [0, 0.1) is 24.0 Å². The molecule has 3 aromatic heterocycles. The quantitative estimate of drug-likeness (QED) is 0.266. The summed E-state index contributed by atoms with van der Waals surface area (Å²) in [7, 11) is 1.84. The van der Waals surface area contributed by atoms with Crippen LogP contribution >= 0.6 is 23.1 Å². The Morgan fingerprint density at radius 2 is 2.13 bits per heavy atom. The first-order valence-corrected chi connectivity index (χ1v) is 10.5. The summed E-state index contributed by atoms with van der Waals surface area (Å²) >= 11 is 2.85. The van der Waals surface area contributed by atoms with Crippen molar-refractivity contribution in [3.05, 3.63) is 63.0 Å². The maximum atomic E-state index is 11.6. The zero-order valence-electron chi connectivity index (χ0n) is 16.4. The fourth-order valence-corrected chi connectivity index (χ4v) is 4.71. The lowest BCUT2D eigenvalue weighted by atomic mass is 10.2. The van der Waals surface area contributed by atoms with E-state index in [2.05, 4.69) is 25.5 Å². The Morgan fingerprint density at radius 3 is 2.87 bits per heavy atom. The fraction of sp³-hybridized carbons (Fsp3) is 0.158. The number of aromatic nitrogens is 4. The predicted molar refractivity (Wildman–Crippen MR) is 119 cm³/mol. The van der Waals surface area contributed by atoms with E-state index >= 15 is 0 Å². The van der Waals surface area contributed by atoms with Crippen molar-refractivity contribution >= 4 is 51.0 Å². The normalized spacial score (nSPS) is 11.4. The van der Waals surface area contributed by atoms with Crippen molar-refractivity contribution in [2.45, 2.75) is 23.9 Å². The number of rotatable bonds is 6. The number of benzene rings is 1. The molecule has 4 rings (SSSR count). The summed E-state index contributed by atoms with van der Waals surface area (Å²) < 4.78 is 1.81. The highest BCUT2D eigenvalue weighted by Crippen LogP contribution is 2.34. The molecule has 0 radical (unpaired) electrons. The summed E-state index contributed by atoms with van der Waals surface area (Å²) in [6.07, 6.45) is 6.47. The van der Waals surface area contributed by atoms with Gasteiger partial charge in [0.2, 0.25) is 0 Å². The summed E-state index contributed by atoms with van der Waals surface area (Å²) in [5.41, 5.74) is 4.64. The van der Waals surface area contributed by atoms with E-state index in [1.807, 2.05) is 25.5 Å². The molecule has 4 aromatic rings. The van der Waals surface area contributed by atoms with Gasteiger partial charge in [0.1, 0.15) is 11.2 Å². The van der Waals surface area contributed by atoms with Gasteiger partial charge in [-0.25, -0.2) is 15.0 Å². The second-order valence-corrected chi connectivity index (χ2v) is 8.68. The monoisotopic (exact) mass is 439 g/mol. The van der Waals surface area contributed by atoms with Crippen LogP contribution in [0.25, 0.3) is 10.2 Å². The SMILES string of the molecule is Cc1sc2ncnc(N/N=C\c3ccc(Sc4nccn4C)c([N+](=O)[O-])c3)c2c1C. The second kappa shape index (κ2) is 8.20. The zero-order chi connectivity index (χ0) is 21.3. The summed E-state index contributed by atoms with van der Waals surface area (Å²) in [6.45, 7) is 4.06. The molecule has 0 aliphatic heterocycles. The first-order valence-electron chi connectivity index (χ1n) is 8.87. The van der Waals surface area contributed by atoms with Crippen LogP contribution in [0.5, 0.6) is 0 Å². The second-order valence-electron chi connectivity index (χ2n) is 6.46. The van der Waals surface area contributed by atoms with E-state index in [0.29, 0.717) is 21.4 Å². The maximum Gasteiger partial charge on any atom is 0.283 e. The standard InChI is InChI=1S/C19H17N7O2S2/c1-11-12(2)29-18-16(11)17(21-10-22-18)24-23-9-13-4-5-15(14(8-13)26(27)28)30-19-20-6-7-25(19)3/h4-10H,1-3H3,(H,21,22,24)/b23-9-. The number of hydrazone groups is 1. The maximum absolute atomic E-state index is 11.6. The Kier molecular flexibility index (Phi) is 5.46. The zero-order valence-corrected chi connectivity index (χ0v) is 18.0. The fourth-order valence-electron chi connectivity index (χ4n) is 2.83. The minimum atomic E-state index is -0.401. The third-order valence-electron chi connectivity index (χ3n) is 4.51. The number of thiophene rings is 1. The number of nitrogens with zero attached hydrogens (tertiary/aromatic N) is 6. The van der Waals surface area contributed by atoms with Gasteiger partial charge in [-0.05, 0) is 37.2 Å². The number of nitrogens with one attached hydrogen (secondary N) is 1. The molecule has 0 fully saturated rings. The number of aryl methyl sites for hydroxylation is 3. The Bertz CT molecular complexity index is 1280. The molecule has 0 aliphatic carbocycles. The molecule has 0 saturated heterocycles. The van der Waals surface area contributed by atoms with Crippen molar-refractivity contribution in [3.8, 4) is 0 Å². The van der Waals surface area contributed by atoms with E-state index in [9.17, 15) is 10.1 Å². The number of hydrogen-bond donors (Lipinski definition) is 1. The number of imidazole rings is 1. The highest BCUT2D eigenvalue weighted by molar-refractivity contribution is 7.99. The Balaban J connectivity index is 1.58. The van der Waals surface area contributed by atoms with E-state index in [1.165, 1.54) is 35.2 Å². The largest absolute Gasteiger partial charge is 0.329 e. The van der Waals surface area contributed by atoms with E-state index in [-0.39, 0.29) is 5.69 Å². The summed E-state index contributed by atoms with van der Waals surface area (Å²) in [4.78, 5) is 26.5. The van der Waals surface area contributed by atoms with Crippen molar-refractivity contribution in [2.75, 3.05) is 5.43 Å². The Labute approximate surface area is 180 Å². The van der Waals surface area contributed by atoms with E-state index in [1.54, 1.807) is 35.9 Å². The van der Waals surface area contributed by atoms with Gasteiger partial charge < -0.3 is 4.57 Å². The molecule has 0 amide bonds. The van der Waals surface area contributed by atoms with Crippen molar-refractivity contribution in [3.63, 3.8) is 0 Å². The molecule has 152 valence electrons. The van der Waals surface area contributed by atoms with E-state index < -0.39 is 4.92 Å². The molecule has 3 heterocycles. The Hall–Kier alpha value is -3.31. The lowest BCUT2D eigenvalue weighted by molar-refractivity contribution is -0.387. The van der Waals surface area contributed by atoms with Crippen molar-refractivity contribution in [1.29, 1.82) is 0 Å². The van der Waals surface area contributed by atoms with Crippen LogP contribution < -0.4 is 5.43 Å². The van der Waals surface area contributed by atoms with E-state index in [0.717, 1.165) is 15.8 Å². The highest BCUT2D eigenvalue weighted by Gasteiger charge is 2.17. The summed E-state index contributed by atoms with van der Waals surface area (Å²) in [5, 5.41) is 17.4. The molecule has 1 N–H and O–H groups in total. The van der Waals surface area contributed by atoms with Gasteiger partial charge in [0.05, 0.1) is 21.4 Å². The van der Waals surface area contributed by atoms with Crippen LogP contribution in [0.15, 0.2) is 52.1 Å². The van der Waals surface area contributed by atoms with Crippen LogP contribution in [0.3, 0.4) is 0 Å². The molecule has 0 spiro atoms. The molecule has 0 aliphatic rings. The first-order chi connectivity index (χ1) is 14.4. The van der Waals surface area contributed by atoms with Crippen LogP contribution in [-0.2, 0) is 7.05 Å². The minimum Gasteiger partial charge on any atom is -0.329 e. The molecule has 0 saturated carbocycles. The number of hydrogen-bond acceptors (Lipinski definition) is 9. The third kappa shape index (κ3) is 3.89. The molecule has 30 heavy (non-hydrogen) atoms. The number of nitro benzene ring substituents is 1. The summed E-state index contributed by atoms with van der Waals surface area (Å²) in [5.74, 6) is 0.606. The smallest absolute Gasteiger partial charge is 0.283 e. The summed E-state index contributed by atoms with van der Waals surface area (Å²) in [6, 6.07) is 4.97. The lowest BCUT2D eigenvalue weighted by Gasteiger charge is -2.04. The topological polar surface area (TPSA) is 111 Å². The van der Waals surface area contributed by atoms with Crippen LogP contribution in [0.4, 0.5) is 11.5 Å². The molecular formula is C19H17N7O2S2. The highest BCUT2D eigenvalue weighted by atomic mass is 32.2. The van der Waals surface area contributed by atoms with Crippen molar-refractivity contribution < 1.29 is 4.92 Å². The van der Waals surface area contributed by atoms with Crippen LogP contribution in [0.1, 0.15) is 16.0 Å². The van der Waals surface area contributed by atoms with Gasteiger partial charge in [0, 0.05) is 35.9 Å². The van der Waals surface area contributed by atoms with Gasteiger partial charge >= 0.3 is 0 Å². The number of fused-ring (bicyclic) bond motifs is 1. The van der Waals surface area contributed by atoms with Crippen LogP contribution in [0.2, 0.25) is 0 Å². The Morgan fingerprint density at radius 1 is 1.30 bits per heavy atom. The van der Waals surface area contributed by atoms with Gasteiger partial charge in [0.25, 0.3) is 5.69 Å². The van der Waals surface area contributed by atoms with Gasteiger partial charge in [0.15, 0.2) is 11.0 Å². The minimum absolute atomic E-state index is 0.000630. The van der Waals surface area contributed by atoms with E-state index in [4.69, 9.17) is 0 Å². The molecule has 1 aromatic carbocycles. The number of nitro groups is 1. The predicted octanol–water partition coefficient (Wildman–Crippen LogP) is 4.55. The third-order valence-corrected chi connectivity index (χ3v) is 6.76. The molecule has 0 bridgehead atoms. The average molecular weight is 440 g/mol. The molecular weight excluding hydrogens is 422 g/mol. The van der Waals surface area contributed by atoms with Crippen LogP contribution in [-0.4, -0.2) is 30.7 Å². The first kappa shape index (κ1) is 20.0. The van der Waals surface area contributed by atoms with Crippen molar-refractivity contribution in [2.24, 2.45) is 12.1 Å². The molecule has 0 atom stereocenters. The molecule has 11 heteroatoms. The average Bonchev–Trinajstić information content (AvgIpc) is 3.25. The van der Waals surface area contributed by atoms with Gasteiger partial charge in [-0.2, -0.15) is 5.10 Å². The van der Waals surface area contributed by atoms with Crippen molar-refractivity contribution in [1.82, 2.24) is 19.5 Å². The van der Waals surface area contributed by atoms with Gasteiger partial charge in [-0.1, -0.05) is 6.07 Å². The van der Waals surface area contributed by atoms with Gasteiger partial charge in [-0.15, -0.1) is 11.3 Å². The molecule has 9 nitrogen and oxygen atoms in total.